The van der Waals surface area contributed by atoms with E-state index in [1.807, 2.05) is 0 Å². The molecule has 1 aliphatic rings. The van der Waals surface area contributed by atoms with E-state index in [9.17, 15) is 9.50 Å². The van der Waals surface area contributed by atoms with Crippen LogP contribution in [-0.4, -0.2) is 12.2 Å². The lowest BCUT2D eigenvalue weighted by atomic mass is 9.90. The van der Waals surface area contributed by atoms with Crippen LogP contribution in [0, 0.1) is 5.82 Å². The van der Waals surface area contributed by atoms with Gasteiger partial charge in [-0.3, -0.25) is 0 Å². The van der Waals surface area contributed by atoms with Crippen molar-refractivity contribution >= 4 is 0 Å². The van der Waals surface area contributed by atoms with Gasteiger partial charge in [-0.2, -0.15) is 0 Å². The number of hydrogen-bond donors (Lipinski definition) is 1. The molecule has 3 heteroatoms. The molecular formula is C14H17FO2. The maximum Gasteiger partial charge on any atom is 0.165 e. The van der Waals surface area contributed by atoms with E-state index in [0.29, 0.717) is 24.8 Å². The zero-order valence-corrected chi connectivity index (χ0v) is 10.0. The van der Waals surface area contributed by atoms with Crippen molar-refractivity contribution in [3.63, 3.8) is 0 Å². The third-order valence-electron chi connectivity index (χ3n) is 3.44. The van der Waals surface area contributed by atoms with E-state index in [-0.39, 0.29) is 5.75 Å². The highest BCUT2D eigenvalue weighted by atomic mass is 19.1. The summed E-state index contributed by atoms with van der Waals surface area (Å²) in [6, 6.07) is 3.13. The number of hydrogen-bond acceptors (Lipinski definition) is 2. The highest BCUT2D eigenvalue weighted by molar-refractivity contribution is 5.48. The number of allylic oxidation sites excluding steroid dienone is 1. The summed E-state index contributed by atoms with van der Waals surface area (Å²) < 4.78 is 18.8. The maximum atomic E-state index is 13.7. The Morgan fingerprint density at radius 3 is 3.00 bits per heavy atom. The number of halogens is 1. The molecule has 1 aromatic rings. The summed E-state index contributed by atoms with van der Waals surface area (Å²) in [5.74, 6) is -0.225. The summed E-state index contributed by atoms with van der Waals surface area (Å²) in [6.45, 7) is 3.65. The fourth-order valence-electron chi connectivity index (χ4n) is 2.57. The molecule has 92 valence electrons. The third kappa shape index (κ3) is 1.95. The Kier molecular flexibility index (Phi) is 3.20. The maximum absolute atomic E-state index is 13.7. The van der Waals surface area contributed by atoms with Crippen LogP contribution >= 0.6 is 0 Å². The molecular weight excluding hydrogens is 219 g/mol. The molecule has 2 nitrogen and oxygen atoms in total. The molecule has 0 radical (unpaired) electrons. The quantitative estimate of drug-likeness (QED) is 0.814. The van der Waals surface area contributed by atoms with Crippen LogP contribution < -0.4 is 4.74 Å². The Morgan fingerprint density at radius 1 is 1.59 bits per heavy atom. The fourth-order valence-corrected chi connectivity index (χ4v) is 2.57. The van der Waals surface area contributed by atoms with E-state index in [1.54, 1.807) is 12.1 Å². The lowest BCUT2D eigenvalue weighted by Gasteiger charge is -2.25. The number of aryl methyl sites for hydroxylation is 1. The predicted molar refractivity (Wildman–Crippen MR) is 64.6 cm³/mol. The van der Waals surface area contributed by atoms with Gasteiger partial charge in [-0.25, -0.2) is 4.39 Å². The number of benzene rings is 1. The van der Waals surface area contributed by atoms with Crippen LogP contribution in [0.1, 0.15) is 30.4 Å². The van der Waals surface area contributed by atoms with Gasteiger partial charge in [0, 0.05) is 5.56 Å². The molecule has 0 bridgehead atoms. The Bertz CT molecular complexity index is 442. The summed E-state index contributed by atoms with van der Waals surface area (Å²) in [5, 5.41) is 10.6. The molecule has 1 aliphatic carbocycles. The molecule has 1 unspecified atom stereocenters. The highest BCUT2D eigenvalue weighted by Gasteiger charge is 2.39. The van der Waals surface area contributed by atoms with Crippen molar-refractivity contribution in [1.29, 1.82) is 0 Å². The minimum absolute atomic E-state index is 0.187. The van der Waals surface area contributed by atoms with Gasteiger partial charge in [0.05, 0.1) is 12.7 Å². The summed E-state index contributed by atoms with van der Waals surface area (Å²) in [5.41, 5.74) is 0.633. The first-order chi connectivity index (χ1) is 8.12. The van der Waals surface area contributed by atoms with Crippen molar-refractivity contribution in [2.75, 3.05) is 7.11 Å². The van der Waals surface area contributed by atoms with Crippen LogP contribution in [0.25, 0.3) is 0 Å². The minimum atomic E-state index is -0.975. The summed E-state index contributed by atoms with van der Waals surface area (Å²) >= 11 is 0. The van der Waals surface area contributed by atoms with E-state index < -0.39 is 11.4 Å². The van der Waals surface area contributed by atoms with Crippen LogP contribution in [0.15, 0.2) is 24.8 Å². The topological polar surface area (TPSA) is 29.5 Å². The molecule has 0 spiro atoms. The largest absolute Gasteiger partial charge is 0.493 e. The highest BCUT2D eigenvalue weighted by Crippen LogP contribution is 2.46. The van der Waals surface area contributed by atoms with Crippen molar-refractivity contribution in [2.45, 2.75) is 31.3 Å². The first-order valence-electron chi connectivity index (χ1n) is 5.81. The van der Waals surface area contributed by atoms with Crippen LogP contribution in [0.4, 0.5) is 4.39 Å². The smallest absolute Gasteiger partial charge is 0.165 e. The van der Waals surface area contributed by atoms with Gasteiger partial charge in [-0.15, -0.1) is 6.58 Å². The van der Waals surface area contributed by atoms with E-state index in [2.05, 4.69) is 6.58 Å². The van der Waals surface area contributed by atoms with Crippen molar-refractivity contribution in [1.82, 2.24) is 0 Å². The van der Waals surface area contributed by atoms with Crippen LogP contribution in [0.2, 0.25) is 0 Å². The molecule has 1 N–H and O–H groups in total. The number of fused-ring (bicyclic) bond motifs is 1. The first kappa shape index (κ1) is 12.1. The van der Waals surface area contributed by atoms with Crippen molar-refractivity contribution in [3.8, 4) is 5.75 Å². The van der Waals surface area contributed by atoms with Crippen LogP contribution in [0.5, 0.6) is 5.75 Å². The average Bonchev–Trinajstić information content (AvgIpc) is 2.66. The molecule has 0 fully saturated rings. The summed E-state index contributed by atoms with van der Waals surface area (Å²) in [6.07, 6.45) is 4.41. The predicted octanol–water partition coefficient (Wildman–Crippen LogP) is 2.93. The fraction of sp³-hybridized carbons (Fsp3) is 0.429. The van der Waals surface area contributed by atoms with Crippen molar-refractivity contribution < 1.29 is 14.2 Å². The molecule has 0 heterocycles. The number of ether oxygens (including phenoxy) is 1. The van der Waals surface area contributed by atoms with Gasteiger partial charge in [-0.1, -0.05) is 12.1 Å². The molecule has 0 amide bonds. The van der Waals surface area contributed by atoms with E-state index in [0.717, 1.165) is 12.0 Å². The van der Waals surface area contributed by atoms with Gasteiger partial charge in [0.25, 0.3) is 0 Å². The molecule has 0 saturated carbocycles. The van der Waals surface area contributed by atoms with Crippen molar-refractivity contribution in [2.24, 2.45) is 0 Å². The van der Waals surface area contributed by atoms with Gasteiger partial charge in [-0.05, 0) is 37.3 Å². The van der Waals surface area contributed by atoms with Gasteiger partial charge in [0.2, 0.25) is 0 Å². The van der Waals surface area contributed by atoms with Gasteiger partial charge < -0.3 is 9.84 Å². The van der Waals surface area contributed by atoms with E-state index in [1.165, 1.54) is 13.2 Å². The zero-order valence-electron chi connectivity index (χ0n) is 10.0. The van der Waals surface area contributed by atoms with Gasteiger partial charge >= 0.3 is 0 Å². The monoisotopic (exact) mass is 236 g/mol. The molecule has 1 atom stereocenters. The SMILES string of the molecule is C=CCCC1(O)CCc2ccc(F)c(OC)c21. The second kappa shape index (κ2) is 4.49. The second-order valence-electron chi connectivity index (χ2n) is 4.47. The molecule has 0 aliphatic heterocycles. The van der Waals surface area contributed by atoms with Gasteiger partial charge in [0.1, 0.15) is 0 Å². The van der Waals surface area contributed by atoms with Crippen LogP contribution in [0.3, 0.4) is 0 Å². The van der Waals surface area contributed by atoms with Gasteiger partial charge in [0.15, 0.2) is 11.6 Å². The summed E-state index contributed by atoms with van der Waals surface area (Å²) in [7, 11) is 1.44. The second-order valence-corrected chi connectivity index (χ2v) is 4.47. The minimum Gasteiger partial charge on any atom is -0.493 e. The standard InChI is InChI=1S/C14H17FO2/c1-3-4-8-14(16)9-7-10-5-6-11(15)13(17-2)12(10)14/h3,5-6,16H,1,4,7-9H2,2H3. The molecule has 2 rings (SSSR count). The number of methoxy groups -OCH3 is 1. The van der Waals surface area contributed by atoms with E-state index in [4.69, 9.17) is 4.74 Å². The van der Waals surface area contributed by atoms with E-state index >= 15 is 0 Å². The molecule has 1 aromatic carbocycles. The number of aliphatic hydroxyl groups is 1. The normalized spacial score (nSPS) is 22.3. The lowest BCUT2D eigenvalue weighted by Crippen LogP contribution is -2.23. The van der Waals surface area contributed by atoms with Crippen molar-refractivity contribution in [3.05, 3.63) is 41.7 Å². The Balaban J connectivity index is 2.47. The third-order valence-corrected chi connectivity index (χ3v) is 3.44. The Morgan fingerprint density at radius 2 is 2.35 bits per heavy atom. The molecule has 0 saturated heterocycles. The Hall–Kier alpha value is -1.35. The van der Waals surface area contributed by atoms with Crippen LogP contribution in [-0.2, 0) is 12.0 Å². The zero-order chi connectivity index (χ0) is 12.5. The number of rotatable bonds is 4. The summed E-state index contributed by atoms with van der Waals surface area (Å²) in [4.78, 5) is 0. The average molecular weight is 236 g/mol. The first-order valence-corrected chi connectivity index (χ1v) is 5.81. The molecule has 0 aromatic heterocycles. The molecule has 17 heavy (non-hydrogen) atoms. The Labute approximate surface area is 101 Å². The lowest BCUT2D eigenvalue weighted by molar-refractivity contribution is 0.0279.